The number of esters is 1. The van der Waals surface area contributed by atoms with E-state index in [0.717, 1.165) is 5.56 Å². The maximum atomic E-state index is 12.0. The summed E-state index contributed by atoms with van der Waals surface area (Å²) in [5.74, 6) is 0.625. The zero-order valence-corrected chi connectivity index (χ0v) is 15.2. The van der Waals surface area contributed by atoms with E-state index in [1.807, 2.05) is 18.4 Å². The van der Waals surface area contributed by atoms with E-state index < -0.39 is 5.97 Å². The molecule has 0 amide bonds. The van der Waals surface area contributed by atoms with Gasteiger partial charge in [-0.2, -0.15) is 0 Å². The van der Waals surface area contributed by atoms with Crippen LogP contribution in [-0.4, -0.2) is 35.9 Å². The summed E-state index contributed by atoms with van der Waals surface area (Å²) in [7, 11) is 1.58. The molecule has 1 heterocycles. The highest BCUT2D eigenvalue weighted by atomic mass is 35.5. The van der Waals surface area contributed by atoms with Crippen LogP contribution in [0.5, 0.6) is 5.75 Å². The third-order valence-electron chi connectivity index (χ3n) is 3.07. The Labute approximate surface area is 149 Å². The SMILES string of the molecule is CCOC(=O)c1cnc(SC)nc1NCc1cc(Cl)cc(OC)c1. The van der Waals surface area contributed by atoms with E-state index >= 15 is 0 Å². The van der Waals surface area contributed by atoms with Gasteiger partial charge in [-0.1, -0.05) is 23.4 Å². The first-order valence-corrected chi connectivity index (χ1v) is 8.83. The van der Waals surface area contributed by atoms with Gasteiger partial charge in [0.2, 0.25) is 0 Å². The van der Waals surface area contributed by atoms with E-state index in [4.69, 9.17) is 21.1 Å². The molecule has 0 saturated heterocycles. The monoisotopic (exact) mass is 367 g/mol. The summed E-state index contributed by atoms with van der Waals surface area (Å²) < 4.78 is 10.2. The summed E-state index contributed by atoms with van der Waals surface area (Å²) in [6, 6.07) is 5.41. The Bertz CT molecular complexity index is 728. The minimum absolute atomic E-state index is 0.286. The maximum absolute atomic E-state index is 12.0. The molecule has 8 heteroatoms. The van der Waals surface area contributed by atoms with Crippen molar-refractivity contribution in [3.8, 4) is 5.75 Å². The molecule has 0 saturated carbocycles. The van der Waals surface area contributed by atoms with Crippen LogP contribution in [0.25, 0.3) is 0 Å². The first kappa shape index (κ1) is 18.4. The Morgan fingerprint density at radius 2 is 2.17 bits per heavy atom. The fourth-order valence-corrected chi connectivity index (χ4v) is 2.57. The molecule has 1 aromatic carbocycles. The lowest BCUT2D eigenvalue weighted by atomic mass is 10.2. The third-order valence-corrected chi connectivity index (χ3v) is 3.85. The van der Waals surface area contributed by atoms with E-state index in [0.29, 0.717) is 33.9 Å². The molecule has 0 spiro atoms. The second kappa shape index (κ2) is 8.75. The maximum Gasteiger partial charge on any atom is 0.343 e. The highest BCUT2D eigenvalue weighted by Gasteiger charge is 2.16. The second-order valence-electron chi connectivity index (χ2n) is 4.69. The van der Waals surface area contributed by atoms with Gasteiger partial charge in [0.05, 0.1) is 13.7 Å². The van der Waals surface area contributed by atoms with Gasteiger partial charge in [-0.25, -0.2) is 14.8 Å². The standard InChI is InChI=1S/C16H18ClN3O3S/c1-4-23-15(21)13-9-19-16(24-3)20-14(13)18-8-10-5-11(17)7-12(6-10)22-2/h5-7,9H,4,8H2,1-3H3,(H,18,19,20). The summed E-state index contributed by atoms with van der Waals surface area (Å²) in [6.45, 7) is 2.46. The van der Waals surface area contributed by atoms with Gasteiger partial charge in [0, 0.05) is 17.8 Å². The van der Waals surface area contributed by atoms with Crippen LogP contribution in [-0.2, 0) is 11.3 Å². The largest absolute Gasteiger partial charge is 0.497 e. The molecule has 1 N–H and O–H groups in total. The van der Waals surface area contributed by atoms with Crippen LogP contribution in [0.15, 0.2) is 29.6 Å². The van der Waals surface area contributed by atoms with Crippen LogP contribution < -0.4 is 10.1 Å². The van der Waals surface area contributed by atoms with Crippen molar-refractivity contribution in [2.24, 2.45) is 0 Å². The molecule has 0 aliphatic rings. The number of hydrogen-bond donors (Lipinski definition) is 1. The normalized spacial score (nSPS) is 10.3. The number of ether oxygens (including phenoxy) is 2. The highest BCUT2D eigenvalue weighted by Crippen LogP contribution is 2.23. The summed E-state index contributed by atoms with van der Waals surface area (Å²) >= 11 is 7.46. The molecule has 0 atom stereocenters. The molecule has 0 radical (unpaired) electrons. The Hall–Kier alpha value is -1.99. The number of nitrogens with zero attached hydrogens (tertiary/aromatic N) is 2. The van der Waals surface area contributed by atoms with Crippen LogP contribution in [0.4, 0.5) is 5.82 Å². The lowest BCUT2D eigenvalue weighted by Crippen LogP contribution is -2.12. The Morgan fingerprint density at radius 1 is 1.38 bits per heavy atom. The summed E-state index contributed by atoms with van der Waals surface area (Å²) in [4.78, 5) is 20.5. The molecule has 24 heavy (non-hydrogen) atoms. The van der Waals surface area contributed by atoms with Crippen LogP contribution in [0.2, 0.25) is 5.02 Å². The molecule has 0 fully saturated rings. The third kappa shape index (κ3) is 4.75. The zero-order valence-electron chi connectivity index (χ0n) is 13.6. The van der Waals surface area contributed by atoms with Crippen molar-refractivity contribution >= 4 is 35.1 Å². The van der Waals surface area contributed by atoms with Gasteiger partial charge in [0.15, 0.2) is 5.16 Å². The quantitative estimate of drug-likeness (QED) is 0.455. The predicted molar refractivity (Wildman–Crippen MR) is 95.1 cm³/mol. The first-order valence-electron chi connectivity index (χ1n) is 7.22. The van der Waals surface area contributed by atoms with Crippen molar-refractivity contribution in [2.75, 3.05) is 25.3 Å². The predicted octanol–water partition coefficient (Wildman–Crippen LogP) is 3.65. The van der Waals surface area contributed by atoms with Crippen molar-refractivity contribution in [2.45, 2.75) is 18.6 Å². The zero-order chi connectivity index (χ0) is 17.5. The molecule has 0 bridgehead atoms. The first-order chi connectivity index (χ1) is 11.6. The van der Waals surface area contributed by atoms with Gasteiger partial charge in [-0.05, 0) is 36.9 Å². The fourth-order valence-electron chi connectivity index (χ4n) is 1.98. The van der Waals surface area contributed by atoms with Crippen LogP contribution in [0.3, 0.4) is 0 Å². The second-order valence-corrected chi connectivity index (χ2v) is 5.90. The van der Waals surface area contributed by atoms with E-state index in [1.54, 1.807) is 20.1 Å². The molecular formula is C16H18ClN3O3S. The smallest absolute Gasteiger partial charge is 0.343 e. The van der Waals surface area contributed by atoms with Gasteiger partial charge < -0.3 is 14.8 Å². The number of methoxy groups -OCH3 is 1. The van der Waals surface area contributed by atoms with Crippen LogP contribution >= 0.6 is 23.4 Å². The van der Waals surface area contributed by atoms with E-state index in [2.05, 4.69) is 15.3 Å². The Balaban J connectivity index is 2.24. The molecule has 1 aromatic heterocycles. The molecule has 128 valence electrons. The van der Waals surface area contributed by atoms with Crippen molar-refractivity contribution < 1.29 is 14.3 Å². The van der Waals surface area contributed by atoms with Crippen LogP contribution in [0.1, 0.15) is 22.8 Å². The minimum atomic E-state index is -0.462. The number of nitrogens with one attached hydrogen (secondary N) is 1. The number of halogens is 1. The molecule has 0 aliphatic carbocycles. The summed E-state index contributed by atoms with van der Waals surface area (Å²) in [5.41, 5.74) is 1.20. The molecule has 0 aliphatic heterocycles. The van der Waals surface area contributed by atoms with E-state index in [9.17, 15) is 4.79 Å². The average molecular weight is 368 g/mol. The minimum Gasteiger partial charge on any atom is -0.497 e. The molecule has 0 unspecified atom stereocenters. The number of benzene rings is 1. The van der Waals surface area contributed by atoms with Gasteiger partial charge >= 0.3 is 5.97 Å². The molecular weight excluding hydrogens is 350 g/mol. The number of anilines is 1. The fraction of sp³-hybridized carbons (Fsp3) is 0.312. The number of aromatic nitrogens is 2. The highest BCUT2D eigenvalue weighted by molar-refractivity contribution is 7.98. The summed E-state index contributed by atoms with van der Waals surface area (Å²) in [5, 5.41) is 4.28. The van der Waals surface area contributed by atoms with Gasteiger partial charge in [0.1, 0.15) is 17.1 Å². The Morgan fingerprint density at radius 3 is 2.83 bits per heavy atom. The average Bonchev–Trinajstić information content (AvgIpc) is 2.59. The number of carbonyl (C=O) groups excluding carboxylic acids is 1. The molecule has 6 nitrogen and oxygen atoms in total. The number of thioether (sulfide) groups is 1. The van der Waals surface area contributed by atoms with Gasteiger partial charge in [0.25, 0.3) is 0 Å². The topological polar surface area (TPSA) is 73.3 Å². The van der Waals surface area contributed by atoms with Crippen molar-refractivity contribution in [3.05, 3.63) is 40.5 Å². The van der Waals surface area contributed by atoms with Gasteiger partial charge in [-0.3, -0.25) is 0 Å². The Kier molecular flexibility index (Phi) is 6.69. The van der Waals surface area contributed by atoms with E-state index in [1.165, 1.54) is 18.0 Å². The van der Waals surface area contributed by atoms with E-state index in [-0.39, 0.29) is 6.61 Å². The number of rotatable bonds is 7. The van der Waals surface area contributed by atoms with Crippen LogP contribution in [0, 0.1) is 0 Å². The van der Waals surface area contributed by atoms with Crippen molar-refractivity contribution in [1.29, 1.82) is 0 Å². The lowest BCUT2D eigenvalue weighted by Gasteiger charge is -2.12. The number of carbonyl (C=O) groups is 1. The molecule has 2 rings (SSSR count). The van der Waals surface area contributed by atoms with Crippen molar-refractivity contribution in [3.63, 3.8) is 0 Å². The summed E-state index contributed by atoms with van der Waals surface area (Å²) in [6.07, 6.45) is 3.34. The lowest BCUT2D eigenvalue weighted by molar-refractivity contribution is 0.0526. The van der Waals surface area contributed by atoms with Crippen molar-refractivity contribution in [1.82, 2.24) is 9.97 Å². The number of hydrogen-bond acceptors (Lipinski definition) is 7. The molecule has 2 aromatic rings. The van der Waals surface area contributed by atoms with Gasteiger partial charge in [-0.15, -0.1) is 0 Å².